The van der Waals surface area contributed by atoms with Gasteiger partial charge < -0.3 is 14.2 Å². The van der Waals surface area contributed by atoms with E-state index in [1.807, 2.05) is 0 Å². The van der Waals surface area contributed by atoms with Gasteiger partial charge in [-0.1, -0.05) is 309 Å². The summed E-state index contributed by atoms with van der Waals surface area (Å²) in [6.07, 6.45) is 69.2. The predicted octanol–water partition coefficient (Wildman–Crippen LogP) is 21.3. The molecule has 0 saturated carbocycles. The number of hydrogen-bond acceptors (Lipinski definition) is 6. The molecule has 414 valence electrons. The highest BCUT2D eigenvalue weighted by Crippen LogP contribution is 2.18. The normalized spacial score (nSPS) is 12.0. The lowest BCUT2D eigenvalue weighted by Crippen LogP contribution is -2.30. The summed E-state index contributed by atoms with van der Waals surface area (Å²) in [6, 6.07) is 0. The zero-order valence-corrected chi connectivity index (χ0v) is 47.6. The summed E-state index contributed by atoms with van der Waals surface area (Å²) in [4.78, 5) is 38.3. The minimum absolute atomic E-state index is 0.0639. The van der Waals surface area contributed by atoms with Crippen LogP contribution in [-0.4, -0.2) is 37.2 Å². The van der Waals surface area contributed by atoms with E-state index in [2.05, 4.69) is 32.9 Å². The molecule has 0 aromatic carbocycles. The van der Waals surface area contributed by atoms with E-state index < -0.39 is 6.10 Å². The van der Waals surface area contributed by atoms with Crippen LogP contribution >= 0.6 is 0 Å². The van der Waals surface area contributed by atoms with Gasteiger partial charge in [-0.05, 0) is 44.9 Å². The van der Waals surface area contributed by atoms with Crippen LogP contribution in [0.4, 0.5) is 0 Å². The van der Waals surface area contributed by atoms with Gasteiger partial charge in [0.2, 0.25) is 0 Å². The highest BCUT2D eigenvalue weighted by atomic mass is 16.6. The van der Waals surface area contributed by atoms with E-state index in [9.17, 15) is 14.4 Å². The van der Waals surface area contributed by atoms with Crippen molar-refractivity contribution in [2.45, 2.75) is 367 Å². The minimum atomic E-state index is -0.766. The molecular formula is C64H122O6. The van der Waals surface area contributed by atoms with E-state index in [4.69, 9.17) is 14.2 Å². The third kappa shape index (κ3) is 57.1. The summed E-state index contributed by atoms with van der Waals surface area (Å²) in [5.74, 6) is -0.836. The molecule has 0 aliphatic heterocycles. The number of hydrogen-bond donors (Lipinski definition) is 0. The number of carbonyl (C=O) groups excluding carboxylic acids is 3. The number of carbonyl (C=O) groups is 3. The summed E-state index contributed by atoms with van der Waals surface area (Å²) in [5, 5.41) is 0. The zero-order chi connectivity index (χ0) is 50.7. The van der Waals surface area contributed by atoms with Gasteiger partial charge in [0.25, 0.3) is 0 Å². The standard InChI is InChI=1S/C64H122O6/c1-4-7-10-13-16-19-22-25-28-30-32-34-36-39-42-45-48-51-54-57-63(66)69-60-61(59-68-62(65)56-53-50-47-44-41-38-27-24-21-18-15-12-9-6-3)70-64(67)58-55-52-49-46-43-40-37-35-33-31-29-26-23-20-17-14-11-8-5-2/h25,28,61H,4-24,26-27,29-60H2,1-3H3/b28-25-/t61-/m1/s1. The molecule has 0 aliphatic rings. The van der Waals surface area contributed by atoms with Crippen molar-refractivity contribution >= 4 is 17.9 Å². The van der Waals surface area contributed by atoms with Crippen molar-refractivity contribution in [2.75, 3.05) is 13.2 Å². The Balaban J connectivity index is 4.29. The van der Waals surface area contributed by atoms with E-state index in [0.717, 1.165) is 57.8 Å². The molecule has 1 atom stereocenters. The van der Waals surface area contributed by atoms with Crippen LogP contribution < -0.4 is 0 Å². The van der Waals surface area contributed by atoms with Crippen LogP contribution in [0.25, 0.3) is 0 Å². The molecule has 0 radical (unpaired) electrons. The van der Waals surface area contributed by atoms with Gasteiger partial charge in [-0.25, -0.2) is 0 Å². The Labute approximate surface area is 437 Å². The smallest absolute Gasteiger partial charge is 0.306 e. The lowest BCUT2D eigenvalue weighted by atomic mass is 10.0. The van der Waals surface area contributed by atoms with Gasteiger partial charge in [0.1, 0.15) is 13.2 Å². The van der Waals surface area contributed by atoms with Gasteiger partial charge in [-0.15, -0.1) is 0 Å². The molecule has 0 spiro atoms. The lowest BCUT2D eigenvalue weighted by Gasteiger charge is -2.18. The molecule has 6 heteroatoms. The SMILES string of the molecule is CCCCCCCC/C=C\CCCCCCCCCCCC(=O)OC[C@@H](COC(=O)CCCCCCCCCCCCCCCC)OC(=O)CCCCCCCCCCCCCCCCCCCCC. The van der Waals surface area contributed by atoms with Gasteiger partial charge in [0.05, 0.1) is 0 Å². The molecular weight excluding hydrogens is 865 g/mol. The first-order valence-electron chi connectivity index (χ1n) is 31.7. The summed E-state index contributed by atoms with van der Waals surface area (Å²) in [5.41, 5.74) is 0. The van der Waals surface area contributed by atoms with Crippen LogP contribution in [0, 0.1) is 0 Å². The summed E-state index contributed by atoms with van der Waals surface area (Å²) in [6.45, 7) is 6.71. The maximum atomic E-state index is 12.9. The monoisotopic (exact) mass is 987 g/mol. The van der Waals surface area contributed by atoms with Gasteiger partial charge in [0.15, 0.2) is 6.10 Å². The number of esters is 3. The average molecular weight is 988 g/mol. The Hall–Kier alpha value is -1.85. The van der Waals surface area contributed by atoms with Crippen molar-refractivity contribution < 1.29 is 28.6 Å². The van der Waals surface area contributed by atoms with Crippen LogP contribution in [-0.2, 0) is 28.6 Å². The first-order chi connectivity index (χ1) is 34.5. The number of allylic oxidation sites excluding steroid dienone is 2. The first-order valence-corrected chi connectivity index (χ1v) is 31.7. The Morgan fingerprint density at radius 1 is 0.271 bits per heavy atom. The van der Waals surface area contributed by atoms with E-state index >= 15 is 0 Å². The molecule has 0 aromatic heterocycles. The fraction of sp³-hybridized carbons (Fsp3) is 0.922. The van der Waals surface area contributed by atoms with E-state index in [1.54, 1.807) is 0 Å². The molecule has 0 aromatic rings. The second-order valence-electron chi connectivity index (χ2n) is 21.7. The van der Waals surface area contributed by atoms with Crippen molar-refractivity contribution in [3.63, 3.8) is 0 Å². The van der Waals surface area contributed by atoms with Gasteiger partial charge in [-0.3, -0.25) is 14.4 Å². The number of unbranched alkanes of at least 4 members (excludes halogenated alkanes) is 46. The van der Waals surface area contributed by atoms with E-state index in [1.165, 1.54) is 263 Å². The highest BCUT2D eigenvalue weighted by Gasteiger charge is 2.19. The molecule has 0 heterocycles. The molecule has 0 rings (SSSR count). The summed E-state index contributed by atoms with van der Waals surface area (Å²) >= 11 is 0. The molecule has 0 bridgehead atoms. The van der Waals surface area contributed by atoms with E-state index in [-0.39, 0.29) is 31.1 Å². The molecule has 6 nitrogen and oxygen atoms in total. The van der Waals surface area contributed by atoms with Crippen LogP contribution in [0.3, 0.4) is 0 Å². The topological polar surface area (TPSA) is 78.9 Å². The Kier molecular flexibility index (Phi) is 58.1. The van der Waals surface area contributed by atoms with Crippen LogP contribution in [0.5, 0.6) is 0 Å². The average Bonchev–Trinajstić information content (AvgIpc) is 3.36. The van der Waals surface area contributed by atoms with Crippen molar-refractivity contribution in [1.82, 2.24) is 0 Å². The van der Waals surface area contributed by atoms with Crippen LogP contribution in [0.2, 0.25) is 0 Å². The minimum Gasteiger partial charge on any atom is -0.462 e. The number of ether oxygens (including phenoxy) is 3. The zero-order valence-electron chi connectivity index (χ0n) is 47.6. The molecule has 0 aliphatic carbocycles. The largest absolute Gasteiger partial charge is 0.462 e. The second kappa shape index (κ2) is 59.7. The molecule has 0 unspecified atom stereocenters. The first kappa shape index (κ1) is 68.2. The lowest BCUT2D eigenvalue weighted by molar-refractivity contribution is -0.167. The molecule has 0 saturated heterocycles. The quantitative estimate of drug-likeness (QED) is 0.0261. The Bertz CT molecular complexity index is 1090. The third-order valence-electron chi connectivity index (χ3n) is 14.5. The summed E-state index contributed by atoms with van der Waals surface area (Å²) < 4.78 is 16.9. The predicted molar refractivity (Wildman–Crippen MR) is 303 cm³/mol. The van der Waals surface area contributed by atoms with Crippen LogP contribution in [0.1, 0.15) is 361 Å². The number of rotatable bonds is 59. The van der Waals surface area contributed by atoms with Crippen LogP contribution in [0.15, 0.2) is 12.2 Å². The van der Waals surface area contributed by atoms with Crippen molar-refractivity contribution in [3.8, 4) is 0 Å². The molecule has 0 N–H and O–H groups in total. The Morgan fingerprint density at radius 3 is 0.714 bits per heavy atom. The summed E-state index contributed by atoms with van der Waals surface area (Å²) in [7, 11) is 0. The highest BCUT2D eigenvalue weighted by molar-refractivity contribution is 5.71. The maximum absolute atomic E-state index is 12.9. The van der Waals surface area contributed by atoms with Gasteiger partial charge in [0, 0.05) is 19.3 Å². The fourth-order valence-corrected chi connectivity index (χ4v) is 9.74. The van der Waals surface area contributed by atoms with Gasteiger partial charge >= 0.3 is 17.9 Å². The molecule has 70 heavy (non-hydrogen) atoms. The van der Waals surface area contributed by atoms with E-state index in [0.29, 0.717) is 19.3 Å². The second-order valence-corrected chi connectivity index (χ2v) is 21.7. The molecule has 0 fully saturated rings. The van der Waals surface area contributed by atoms with Crippen molar-refractivity contribution in [2.24, 2.45) is 0 Å². The van der Waals surface area contributed by atoms with Gasteiger partial charge in [-0.2, -0.15) is 0 Å². The maximum Gasteiger partial charge on any atom is 0.306 e. The third-order valence-corrected chi connectivity index (χ3v) is 14.5. The van der Waals surface area contributed by atoms with Crippen molar-refractivity contribution in [3.05, 3.63) is 12.2 Å². The molecule has 0 amide bonds. The Morgan fingerprint density at radius 2 is 0.471 bits per heavy atom. The van der Waals surface area contributed by atoms with Crippen molar-refractivity contribution in [1.29, 1.82) is 0 Å². The fourth-order valence-electron chi connectivity index (χ4n) is 9.74.